The fourth-order valence-electron chi connectivity index (χ4n) is 2.04. The predicted molar refractivity (Wildman–Crippen MR) is 65.0 cm³/mol. The maximum atomic E-state index is 12.4. The molecule has 1 amide bonds. The molecular formula is C12H14F3NO2S. The first kappa shape index (κ1) is 14.3. The maximum absolute atomic E-state index is 12.4. The lowest BCUT2D eigenvalue weighted by Gasteiger charge is -2.32. The summed E-state index contributed by atoms with van der Waals surface area (Å²) < 4.78 is 42.2. The molecule has 7 heteroatoms. The van der Waals surface area contributed by atoms with Gasteiger partial charge in [-0.1, -0.05) is 0 Å². The fraction of sp³-hybridized carbons (Fsp3) is 0.583. The highest BCUT2D eigenvalue weighted by molar-refractivity contribution is 8.00. The van der Waals surface area contributed by atoms with Crippen molar-refractivity contribution in [1.82, 2.24) is 4.90 Å². The molecule has 0 bridgehead atoms. The highest BCUT2D eigenvalue weighted by atomic mass is 32.2. The van der Waals surface area contributed by atoms with Gasteiger partial charge >= 0.3 is 6.18 Å². The normalized spacial score (nSPS) is 20.9. The number of alkyl halides is 3. The zero-order valence-corrected chi connectivity index (χ0v) is 11.2. The van der Waals surface area contributed by atoms with Crippen LogP contribution in [0.4, 0.5) is 13.2 Å². The monoisotopic (exact) mass is 293 g/mol. The van der Waals surface area contributed by atoms with Gasteiger partial charge in [0, 0.05) is 11.4 Å². The number of halogens is 3. The van der Waals surface area contributed by atoms with Gasteiger partial charge in [0.1, 0.15) is 12.3 Å². The van der Waals surface area contributed by atoms with Crippen molar-refractivity contribution < 1.29 is 22.4 Å². The predicted octanol–water partition coefficient (Wildman–Crippen LogP) is 3.23. The summed E-state index contributed by atoms with van der Waals surface area (Å²) in [5, 5.41) is -0.451. The summed E-state index contributed by atoms with van der Waals surface area (Å²) in [7, 11) is 0. The Morgan fingerprint density at radius 2 is 2.26 bits per heavy atom. The van der Waals surface area contributed by atoms with E-state index in [2.05, 4.69) is 0 Å². The zero-order chi connectivity index (χ0) is 14.0. The van der Waals surface area contributed by atoms with Crippen molar-refractivity contribution in [2.24, 2.45) is 0 Å². The van der Waals surface area contributed by atoms with Crippen LogP contribution in [0.25, 0.3) is 0 Å². The fourth-order valence-corrected chi connectivity index (χ4v) is 3.23. The van der Waals surface area contributed by atoms with Gasteiger partial charge in [-0.25, -0.2) is 0 Å². The minimum atomic E-state index is -4.34. The van der Waals surface area contributed by atoms with Crippen molar-refractivity contribution in [2.45, 2.75) is 36.1 Å². The molecular weight excluding hydrogens is 279 g/mol. The van der Waals surface area contributed by atoms with Gasteiger partial charge in [-0.05, 0) is 25.8 Å². The molecule has 0 spiro atoms. The lowest BCUT2D eigenvalue weighted by molar-refractivity contribution is -0.162. The van der Waals surface area contributed by atoms with E-state index in [0.29, 0.717) is 18.6 Å². The van der Waals surface area contributed by atoms with Crippen molar-refractivity contribution in [2.75, 3.05) is 13.1 Å². The summed E-state index contributed by atoms with van der Waals surface area (Å²) in [5.41, 5.74) is 0. The summed E-state index contributed by atoms with van der Waals surface area (Å²) in [4.78, 5) is 13.7. The Kier molecular flexibility index (Phi) is 4.13. The van der Waals surface area contributed by atoms with Gasteiger partial charge in [0.15, 0.2) is 0 Å². The molecule has 19 heavy (non-hydrogen) atoms. The van der Waals surface area contributed by atoms with Crippen LogP contribution in [0.5, 0.6) is 0 Å². The number of hydrogen-bond acceptors (Lipinski definition) is 3. The number of aryl methyl sites for hydroxylation is 1. The van der Waals surface area contributed by atoms with E-state index in [9.17, 15) is 18.0 Å². The van der Waals surface area contributed by atoms with Gasteiger partial charge < -0.3 is 9.32 Å². The molecule has 106 valence electrons. The van der Waals surface area contributed by atoms with Crippen LogP contribution in [0.15, 0.2) is 21.6 Å². The molecule has 0 saturated carbocycles. The van der Waals surface area contributed by atoms with E-state index in [1.54, 1.807) is 13.0 Å². The quantitative estimate of drug-likeness (QED) is 0.858. The Morgan fingerprint density at radius 3 is 2.84 bits per heavy atom. The van der Waals surface area contributed by atoms with Crippen molar-refractivity contribution in [3.8, 4) is 0 Å². The second kappa shape index (κ2) is 5.48. The first-order valence-corrected chi connectivity index (χ1v) is 6.81. The van der Waals surface area contributed by atoms with Crippen LogP contribution in [0.1, 0.15) is 18.6 Å². The van der Waals surface area contributed by atoms with Gasteiger partial charge in [0.2, 0.25) is 5.91 Å². The molecule has 1 atom stereocenters. The minimum absolute atomic E-state index is 0.180. The number of furan rings is 1. The molecule has 0 unspecified atom stereocenters. The third-order valence-corrected chi connectivity index (χ3v) is 4.33. The Morgan fingerprint density at radius 1 is 1.53 bits per heavy atom. The molecule has 0 radical (unpaired) electrons. The summed E-state index contributed by atoms with van der Waals surface area (Å²) in [6, 6.07) is 1.73. The summed E-state index contributed by atoms with van der Waals surface area (Å²) in [6.07, 6.45) is -1.63. The zero-order valence-electron chi connectivity index (χ0n) is 10.4. The molecule has 0 aromatic carbocycles. The van der Waals surface area contributed by atoms with Crippen LogP contribution >= 0.6 is 11.8 Å². The lowest BCUT2D eigenvalue weighted by Crippen LogP contribution is -2.47. The summed E-state index contributed by atoms with van der Waals surface area (Å²) in [5.74, 6) is 0.250. The van der Waals surface area contributed by atoms with E-state index in [4.69, 9.17) is 4.42 Å². The largest absolute Gasteiger partial charge is 0.468 e. The van der Waals surface area contributed by atoms with E-state index in [1.165, 1.54) is 18.0 Å². The molecule has 2 heterocycles. The Balaban J connectivity index is 2.02. The highest BCUT2D eigenvalue weighted by Crippen LogP contribution is 2.33. The van der Waals surface area contributed by atoms with Gasteiger partial charge in [-0.3, -0.25) is 4.79 Å². The van der Waals surface area contributed by atoms with Crippen LogP contribution in [0, 0.1) is 6.92 Å². The third-order valence-electron chi connectivity index (χ3n) is 2.93. The van der Waals surface area contributed by atoms with Crippen LogP contribution < -0.4 is 0 Å². The van der Waals surface area contributed by atoms with Crippen LogP contribution in [-0.2, 0) is 4.79 Å². The second-order valence-electron chi connectivity index (χ2n) is 4.46. The average molecular weight is 293 g/mol. The van der Waals surface area contributed by atoms with E-state index < -0.39 is 23.9 Å². The Hall–Kier alpha value is -1.11. The van der Waals surface area contributed by atoms with E-state index >= 15 is 0 Å². The standard InChI is InChI=1S/C12H14F3NO2S/c1-8-9(4-6-18-8)19-10-3-2-5-16(11(10)17)7-12(13,14)15/h4,6,10H,2-3,5,7H2,1H3/t10-/m1/s1. The van der Waals surface area contributed by atoms with Crippen molar-refractivity contribution in [3.05, 3.63) is 18.1 Å². The first-order valence-electron chi connectivity index (χ1n) is 5.93. The van der Waals surface area contributed by atoms with Crippen molar-refractivity contribution in [3.63, 3.8) is 0 Å². The number of carbonyl (C=O) groups is 1. The molecule has 3 nitrogen and oxygen atoms in total. The van der Waals surface area contributed by atoms with Crippen LogP contribution in [0.3, 0.4) is 0 Å². The molecule has 1 aliphatic rings. The average Bonchev–Trinajstić information content (AvgIpc) is 2.68. The molecule has 1 saturated heterocycles. The number of carbonyl (C=O) groups excluding carboxylic acids is 1. The smallest absolute Gasteiger partial charge is 0.406 e. The van der Waals surface area contributed by atoms with Crippen LogP contribution in [-0.4, -0.2) is 35.3 Å². The third kappa shape index (κ3) is 3.68. The van der Waals surface area contributed by atoms with Gasteiger partial charge in [0.25, 0.3) is 0 Å². The van der Waals surface area contributed by atoms with Gasteiger partial charge in [0.05, 0.1) is 11.5 Å². The summed E-state index contributed by atoms with van der Waals surface area (Å²) >= 11 is 1.28. The maximum Gasteiger partial charge on any atom is 0.406 e. The van der Waals surface area contributed by atoms with Crippen molar-refractivity contribution in [1.29, 1.82) is 0 Å². The van der Waals surface area contributed by atoms with Gasteiger partial charge in [-0.2, -0.15) is 13.2 Å². The molecule has 2 rings (SSSR count). The minimum Gasteiger partial charge on any atom is -0.468 e. The van der Waals surface area contributed by atoms with E-state index in [1.807, 2.05) is 0 Å². The first-order chi connectivity index (χ1) is 8.87. The van der Waals surface area contributed by atoms with Crippen LogP contribution in [0.2, 0.25) is 0 Å². The summed E-state index contributed by atoms with van der Waals surface area (Å²) in [6.45, 7) is 0.788. The van der Waals surface area contributed by atoms with E-state index in [0.717, 1.165) is 9.80 Å². The number of hydrogen-bond donors (Lipinski definition) is 0. The topological polar surface area (TPSA) is 33.5 Å². The number of rotatable bonds is 3. The Bertz CT molecular complexity index is 458. The lowest BCUT2D eigenvalue weighted by atomic mass is 10.1. The second-order valence-corrected chi connectivity index (χ2v) is 5.71. The van der Waals surface area contributed by atoms with Gasteiger partial charge in [-0.15, -0.1) is 11.8 Å². The number of nitrogens with zero attached hydrogens (tertiary/aromatic N) is 1. The Labute approximate surface area is 113 Å². The molecule has 0 N–H and O–H groups in total. The molecule has 0 aliphatic carbocycles. The highest BCUT2D eigenvalue weighted by Gasteiger charge is 2.37. The van der Waals surface area contributed by atoms with Crippen molar-refractivity contribution >= 4 is 17.7 Å². The molecule has 1 fully saturated rings. The number of likely N-dealkylation sites (tertiary alicyclic amines) is 1. The SMILES string of the molecule is Cc1occc1S[C@@H]1CCCN(CC(F)(F)F)C1=O. The number of piperidine rings is 1. The molecule has 1 aromatic rings. The number of thioether (sulfide) groups is 1. The molecule has 1 aromatic heterocycles. The number of amides is 1. The van der Waals surface area contributed by atoms with E-state index in [-0.39, 0.29) is 6.54 Å². The molecule has 1 aliphatic heterocycles.